The van der Waals surface area contributed by atoms with Gasteiger partial charge in [-0.05, 0) is 24.6 Å². The van der Waals surface area contributed by atoms with Gasteiger partial charge >= 0.3 is 0 Å². The van der Waals surface area contributed by atoms with Gasteiger partial charge in [-0.1, -0.05) is 18.1 Å². The average molecular weight is 312 g/mol. The van der Waals surface area contributed by atoms with Crippen molar-refractivity contribution in [1.82, 2.24) is 5.32 Å². The number of benzene rings is 1. The molecule has 1 heterocycles. The van der Waals surface area contributed by atoms with E-state index in [1.807, 2.05) is 0 Å². The van der Waals surface area contributed by atoms with Gasteiger partial charge < -0.3 is 15.3 Å². The molecule has 120 valence electrons. The SMILES string of the molecule is CC#CC1CNCCN1c1ccc(C(O)(CF)C(F)F)cc1. The summed E-state index contributed by atoms with van der Waals surface area (Å²) in [7, 11) is 0. The van der Waals surface area contributed by atoms with Gasteiger partial charge in [0.1, 0.15) is 12.7 Å². The van der Waals surface area contributed by atoms with E-state index in [0.717, 1.165) is 18.8 Å². The summed E-state index contributed by atoms with van der Waals surface area (Å²) in [5.41, 5.74) is -2.06. The Labute approximate surface area is 128 Å². The van der Waals surface area contributed by atoms with Crippen molar-refractivity contribution in [2.24, 2.45) is 0 Å². The summed E-state index contributed by atoms with van der Waals surface area (Å²) >= 11 is 0. The quantitative estimate of drug-likeness (QED) is 0.834. The number of hydrogen-bond acceptors (Lipinski definition) is 3. The summed E-state index contributed by atoms with van der Waals surface area (Å²) in [5.74, 6) is 5.97. The second-order valence-corrected chi connectivity index (χ2v) is 5.21. The summed E-state index contributed by atoms with van der Waals surface area (Å²) < 4.78 is 38.5. The van der Waals surface area contributed by atoms with Gasteiger partial charge in [0.15, 0.2) is 5.60 Å². The molecule has 0 aromatic heterocycles. The normalized spacial score (nSPS) is 21.2. The first kappa shape index (κ1) is 16.7. The van der Waals surface area contributed by atoms with Crippen LogP contribution in [0.1, 0.15) is 12.5 Å². The lowest BCUT2D eigenvalue weighted by molar-refractivity contribution is -0.114. The third-order valence-corrected chi connectivity index (χ3v) is 3.82. The van der Waals surface area contributed by atoms with E-state index in [-0.39, 0.29) is 11.6 Å². The molecule has 1 saturated heterocycles. The van der Waals surface area contributed by atoms with Crippen molar-refractivity contribution in [2.45, 2.75) is 25.0 Å². The van der Waals surface area contributed by atoms with Gasteiger partial charge in [0.2, 0.25) is 0 Å². The van der Waals surface area contributed by atoms with Crippen LogP contribution in [-0.4, -0.2) is 43.9 Å². The summed E-state index contributed by atoms with van der Waals surface area (Å²) in [6.07, 6.45) is -3.18. The van der Waals surface area contributed by atoms with E-state index in [9.17, 15) is 18.3 Å². The number of alkyl halides is 3. The molecule has 0 bridgehead atoms. The van der Waals surface area contributed by atoms with E-state index < -0.39 is 18.7 Å². The molecular formula is C16H19F3N2O. The van der Waals surface area contributed by atoms with Crippen molar-refractivity contribution < 1.29 is 18.3 Å². The zero-order valence-electron chi connectivity index (χ0n) is 12.3. The van der Waals surface area contributed by atoms with Crippen LogP contribution < -0.4 is 10.2 Å². The molecule has 3 nitrogen and oxygen atoms in total. The Hall–Kier alpha value is -1.71. The van der Waals surface area contributed by atoms with Gasteiger partial charge in [-0.25, -0.2) is 13.2 Å². The van der Waals surface area contributed by atoms with Gasteiger partial charge in [0.25, 0.3) is 6.43 Å². The number of anilines is 1. The average Bonchev–Trinajstić information content (AvgIpc) is 2.55. The van der Waals surface area contributed by atoms with Crippen molar-refractivity contribution in [3.8, 4) is 11.8 Å². The maximum Gasteiger partial charge on any atom is 0.273 e. The van der Waals surface area contributed by atoms with Gasteiger partial charge in [-0.15, -0.1) is 5.92 Å². The lowest BCUT2D eigenvalue weighted by Gasteiger charge is -2.35. The number of rotatable bonds is 4. The Kier molecular flexibility index (Phi) is 5.33. The van der Waals surface area contributed by atoms with Crippen LogP contribution in [0.4, 0.5) is 18.9 Å². The highest BCUT2D eigenvalue weighted by molar-refractivity contribution is 5.52. The molecule has 22 heavy (non-hydrogen) atoms. The zero-order chi connectivity index (χ0) is 16.2. The molecule has 1 aromatic rings. The molecular weight excluding hydrogens is 293 g/mol. The minimum Gasteiger partial charge on any atom is -0.377 e. The number of nitrogens with one attached hydrogen (secondary N) is 1. The summed E-state index contributed by atoms with van der Waals surface area (Å²) in [6.45, 7) is 2.49. The topological polar surface area (TPSA) is 35.5 Å². The Bertz CT molecular complexity index is 553. The molecule has 2 rings (SSSR count). The van der Waals surface area contributed by atoms with Crippen molar-refractivity contribution in [1.29, 1.82) is 0 Å². The summed E-state index contributed by atoms with van der Waals surface area (Å²) in [6, 6.07) is 5.93. The van der Waals surface area contributed by atoms with E-state index in [4.69, 9.17) is 0 Å². The lowest BCUT2D eigenvalue weighted by Crippen LogP contribution is -2.50. The van der Waals surface area contributed by atoms with E-state index >= 15 is 0 Å². The Balaban J connectivity index is 2.25. The van der Waals surface area contributed by atoms with Crippen LogP contribution in [0.2, 0.25) is 0 Å². The fraction of sp³-hybridized carbons (Fsp3) is 0.500. The maximum absolute atomic E-state index is 12.9. The molecule has 2 N–H and O–H groups in total. The van der Waals surface area contributed by atoms with Crippen LogP contribution in [-0.2, 0) is 5.60 Å². The molecule has 0 saturated carbocycles. The van der Waals surface area contributed by atoms with Crippen LogP contribution in [0.15, 0.2) is 24.3 Å². The molecule has 1 aliphatic heterocycles. The number of piperazine rings is 1. The molecule has 0 aliphatic carbocycles. The third-order valence-electron chi connectivity index (χ3n) is 3.82. The largest absolute Gasteiger partial charge is 0.377 e. The smallest absolute Gasteiger partial charge is 0.273 e. The first-order chi connectivity index (χ1) is 10.5. The van der Waals surface area contributed by atoms with Crippen LogP contribution >= 0.6 is 0 Å². The van der Waals surface area contributed by atoms with E-state index in [2.05, 4.69) is 22.1 Å². The van der Waals surface area contributed by atoms with Crippen LogP contribution in [0.3, 0.4) is 0 Å². The second-order valence-electron chi connectivity index (χ2n) is 5.21. The minimum atomic E-state index is -3.18. The number of nitrogens with zero attached hydrogens (tertiary/aromatic N) is 1. The van der Waals surface area contributed by atoms with Crippen molar-refractivity contribution in [2.75, 3.05) is 31.2 Å². The highest BCUT2D eigenvalue weighted by atomic mass is 19.3. The first-order valence-electron chi connectivity index (χ1n) is 7.09. The number of hydrogen-bond donors (Lipinski definition) is 2. The fourth-order valence-corrected chi connectivity index (χ4v) is 2.51. The van der Waals surface area contributed by atoms with E-state index in [0.29, 0.717) is 6.54 Å². The maximum atomic E-state index is 12.9. The van der Waals surface area contributed by atoms with Crippen LogP contribution in [0.5, 0.6) is 0 Å². The molecule has 2 atom stereocenters. The van der Waals surface area contributed by atoms with Crippen molar-refractivity contribution in [3.63, 3.8) is 0 Å². The van der Waals surface area contributed by atoms with E-state index in [1.54, 1.807) is 19.1 Å². The third kappa shape index (κ3) is 3.21. The predicted molar refractivity (Wildman–Crippen MR) is 79.8 cm³/mol. The molecule has 6 heteroatoms. The van der Waals surface area contributed by atoms with E-state index in [1.165, 1.54) is 12.1 Å². The number of aliphatic hydroxyl groups is 1. The highest BCUT2D eigenvalue weighted by Gasteiger charge is 2.40. The van der Waals surface area contributed by atoms with Gasteiger partial charge in [-0.3, -0.25) is 0 Å². The first-order valence-corrected chi connectivity index (χ1v) is 7.09. The predicted octanol–water partition coefficient (Wildman–Crippen LogP) is 1.91. The van der Waals surface area contributed by atoms with Gasteiger partial charge in [0.05, 0.1) is 0 Å². The van der Waals surface area contributed by atoms with Crippen molar-refractivity contribution >= 4 is 5.69 Å². The summed E-state index contributed by atoms with van der Waals surface area (Å²) in [5, 5.41) is 13.0. The fourth-order valence-electron chi connectivity index (χ4n) is 2.51. The molecule has 0 radical (unpaired) electrons. The monoisotopic (exact) mass is 312 g/mol. The second kappa shape index (κ2) is 7.03. The Morgan fingerprint density at radius 2 is 2.09 bits per heavy atom. The van der Waals surface area contributed by atoms with Crippen LogP contribution in [0.25, 0.3) is 0 Å². The highest BCUT2D eigenvalue weighted by Crippen LogP contribution is 2.31. The zero-order valence-corrected chi connectivity index (χ0v) is 12.3. The number of halogens is 3. The molecule has 1 aliphatic rings. The lowest BCUT2D eigenvalue weighted by atomic mass is 9.95. The minimum absolute atomic E-state index is 0.000224. The summed E-state index contributed by atoms with van der Waals surface area (Å²) in [4.78, 5) is 2.06. The molecule has 1 aromatic carbocycles. The standard InChI is InChI=1S/C16H19F3N2O/c1-2-3-14-10-20-8-9-21(14)13-6-4-12(5-7-13)16(22,11-17)15(18)19/h4-7,14-15,20,22H,8-11H2,1H3. The molecule has 0 spiro atoms. The van der Waals surface area contributed by atoms with Gasteiger partial charge in [0, 0.05) is 25.3 Å². The van der Waals surface area contributed by atoms with Crippen molar-refractivity contribution in [3.05, 3.63) is 29.8 Å². The molecule has 0 amide bonds. The molecule has 2 unspecified atom stereocenters. The Morgan fingerprint density at radius 3 is 2.64 bits per heavy atom. The molecule has 1 fully saturated rings. The van der Waals surface area contributed by atoms with Gasteiger partial charge in [-0.2, -0.15) is 0 Å². The Morgan fingerprint density at radius 1 is 1.41 bits per heavy atom. The van der Waals surface area contributed by atoms with Crippen LogP contribution in [0, 0.1) is 11.8 Å².